The van der Waals surface area contributed by atoms with Gasteiger partial charge in [-0.1, -0.05) is 58.4 Å². The highest BCUT2D eigenvalue weighted by Gasteiger charge is 2.21. The standard InChI is InChI=1S/C24H17BrN2O3S/c25-19-10-6-16(7-11-19)21(28)15-23(17-8-12-20(13-9-17)27(29)30)31-22-5-1-3-18-4-2-14-26-24(18)22/h1-14,23H,15H2/t23-/m0/s1. The Morgan fingerprint density at radius 3 is 2.42 bits per heavy atom. The third-order valence-electron chi connectivity index (χ3n) is 4.88. The summed E-state index contributed by atoms with van der Waals surface area (Å²) in [5.74, 6) is 0.0107. The van der Waals surface area contributed by atoms with Gasteiger partial charge in [0.1, 0.15) is 0 Å². The van der Waals surface area contributed by atoms with Crippen LogP contribution in [0.4, 0.5) is 5.69 Å². The van der Waals surface area contributed by atoms with E-state index >= 15 is 0 Å². The van der Waals surface area contributed by atoms with Crippen molar-refractivity contribution in [2.45, 2.75) is 16.6 Å². The Balaban J connectivity index is 1.68. The molecule has 0 unspecified atom stereocenters. The summed E-state index contributed by atoms with van der Waals surface area (Å²) < 4.78 is 0.909. The van der Waals surface area contributed by atoms with Crippen LogP contribution < -0.4 is 0 Å². The molecule has 31 heavy (non-hydrogen) atoms. The summed E-state index contributed by atoms with van der Waals surface area (Å²) >= 11 is 4.94. The second-order valence-electron chi connectivity index (χ2n) is 6.92. The van der Waals surface area contributed by atoms with E-state index in [1.807, 2.05) is 42.5 Å². The molecule has 7 heteroatoms. The molecule has 0 fully saturated rings. The monoisotopic (exact) mass is 492 g/mol. The first-order valence-corrected chi connectivity index (χ1v) is 11.2. The summed E-state index contributed by atoms with van der Waals surface area (Å²) in [6.07, 6.45) is 2.01. The molecule has 3 aromatic carbocycles. The van der Waals surface area contributed by atoms with Crippen molar-refractivity contribution in [2.75, 3.05) is 0 Å². The lowest BCUT2D eigenvalue weighted by atomic mass is 10.0. The van der Waals surface area contributed by atoms with Gasteiger partial charge in [0.25, 0.3) is 5.69 Å². The topological polar surface area (TPSA) is 73.1 Å². The molecule has 4 aromatic rings. The number of para-hydroxylation sites is 1. The average molecular weight is 493 g/mol. The first kappa shape index (κ1) is 21.2. The molecule has 0 spiro atoms. The van der Waals surface area contributed by atoms with Crippen molar-refractivity contribution >= 4 is 50.1 Å². The van der Waals surface area contributed by atoms with Crippen molar-refractivity contribution in [1.29, 1.82) is 0 Å². The Hall–Kier alpha value is -3.03. The Morgan fingerprint density at radius 1 is 1.00 bits per heavy atom. The summed E-state index contributed by atoms with van der Waals surface area (Å²) in [6.45, 7) is 0. The number of non-ortho nitro benzene ring substituents is 1. The van der Waals surface area contributed by atoms with Crippen LogP contribution >= 0.6 is 27.7 Å². The van der Waals surface area contributed by atoms with Gasteiger partial charge in [0.05, 0.1) is 10.4 Å². The lowest BCUT2D eigenvalue weighted by molar-refractivity contribution is -0.384. The van der Waals surface area contributed by atoms with Crippen LogP contribution in [0.2, 0.25) is 0 Å². The fourth-order valence-electron chi connectivity index (χ4n) is 3.28. The number of pyridine rings is 1. The van der Waals surface area contributed by atoms with Gasteiger partial charge in [-0.05, 0) is 29.8 Å². The number of thioether (sulfide) groups is 1. The van der Waals surface area contributed by atoms with Gasteiger partial charge in [-0.2, -0.15) is 0 Å². The quantitative estimate of drug-likeness (QED) is 0.120. The van der Waals surface area contributed by atoms with Crippen LogP contribution in [0.1, 0.15) is 27.6 Å². The molecule has 0 radical (unpaired) electrons. The summed E-state index contributed by atoms with van der Waals surface area (Å²) in [5.41, 5.74) is 2.39. The molecule has 1 heterocycles. The molecule has 0 aliphatic heterocycles. The van der Waals surface area contributed by atoms with Gasteiger partial charge in [0, 0.05) is 50.3 Å². The van der Waals surface area contributed by atoms with Gasteiger partial charge in [-0.3, -0.25) is 19.9 Å². The van der Waals surface area contributed by atoms with E-state index in [0.29, 0.717) is 5.56 Å². The fraction of sp³-hybridized carbons (Fsp3) is 0.0833. The van der Waals surface area contributed by atoms with E-state index in [1.54, 1.807) is 42.2 Å². The van der Waals surface area contributed by atoms with Gasteiger partial charge < -0.3 is 0 Å². The molecule has 154 valence electrons. The maximum Gasteiger partial charge on any atom is 0.269 e. The summed E-state index contributed by atoms with van der Waals surface area (Å²) in [5, 5.41) is 11.8. The van der Waals surface area contributed by atoms with Crippen molar-refractivity contribution in [3.63, 3.8) is 0 Å². The van der Waals surface area contributed by atoms with E-state index in [9.17, 15) is 14.9 Å². The number of fused-ring (bicyclic) bond motifs is 1. The highest BCUT2D eigenvalue weighted by atomic mass is 79.9. The van der Waals surface area contributed by atoms with E-state index in [-0.39, 0.29) is 23.1 Å². The normalized spacial score (nSPS) is 11.9. The molecule has 0 N–H and O–H groups in total. The second kappa shape index (κ2) is 9.41. The number of carbonyl (C=O) groups excluding carboxylic acids is 1. The number of carbonyl (C=O) groups is 1. The van der Waals surface area contributed by atoms with Crippen molar-refractivity contribution in [3.05, 3.63) is 111 Å². The predicted octanol–water partition coefficient (Wildman–Crippen LogP) is 7.01. The first-order chi connectivity index (χ1) is 15.0. The Morgan fingerprint density at radius 2 is 1.71 bits per heavy atom. The van der Waals surface area contributed by atoms with E-state index in [1.165, 1.54) is 12.1 Å². The van der Waals surface area contributed by atoms with Crippen LogP contribution in [-0.2, 0) is 0 Å². The zero-order valence-electron chi connectivity index (χ0n) is 16.3. The summed E-state index contributed by atoms with van der Waals surface area (Å²) in [7, 11) is 0. The van der Waals surface area contributed by atoms with Crippen LogP contribution in [0.25, 0.3) is 10.9 Å². The van der Waals surface area contributed by atoms with Crippen LogP contribution in [0.15, 0.2) is 94.4 Å². The highest BCUT2D eigenvalue weighted by molar-refractivity contribution is 9.10. The number of nitro benzene ring substituents is 1. The minimum absolute atomic E-state index is 0.0107. The number of hydrogen-bond donors (Lipinski definition) is 0. The molecule has 1 atom stereocenters. The third-order valence-corrected chi connectivity index (χ3v) is 6.71. The number of aromatic nitrogens is 1. The van der Waals surface area contributed by atoms with Gasteiger partial charge in [0.2, 0.25) is 0 Å². The predicted molar refractivity (Wildman–Crippen MR) is 127 cm³/mol. The lowest BCUT2D eigenvalue weighted by Crippen LogP contribution is -2.06. The van der Waals surface area contributed by atoms with Crippen LogP contribution in [-0.4, -0.2) is 15.7 Å². The SMILES string of the molecule is O=C(C[C@H](Sc1cccc2cccnc12)c1ccc([N+](=O)[O-])cc1)c1ccc(Br)cc1. The molecule has 0 aliphatic rings. The van der Waals surface area contributed by atoms with E-state index < -0.39 is 4.92 Å². The van der Waals surface area contributed by atoms with E-state index in [2.05, 4.69) is 20.9 Å². The van der Waals surface area contributed by atoms with Gasteiger partial charge in [0.15, 0.2) is 5.78 Å². The first-order valence-electron chi connectivity index (χ1n) is 9.55. The van der Waals surface area contributed by atoms with Crippen LogP contribution in [0.3, 0.4) is 0 Å². The fourth-order valence-corrected chi connectivity index (χ4v) is 4.82. The zero-order chi connectivity index (χ0) is 21.8. The highest BCUT2D eigenvalue weighted by Crippen LogP contribution is 2.41. The molecule has 5 nitrogen and oxygen atoms in total. The van der Waals surface area contributed by atoms with E-state index in [4.69, 9.17) is 0 Å². The molecular weight excluding hydrogens is 476 g/mol. The number of Topliss-reactive ketones (excluding diaryl/α,β-unsaturated/α-hetero) is 1. The molecule has 0 saturated carbocycles. The van der Waals surface area contributed by atoms with Crippen LogP contribution in [0, 0.1) is 10.1 Å². The van der Waals surface area contributed by atoms with Crippen molar-refractivity contribution in [3.8, 4) is 0 Å². The largest absolute Gasteiger partial charge is 0.294 e. The number of nitrogens with zero attached hydrogens (tertiary/aromatic N) is 2. The van der Waals surface area contributed by atoms with Gasteiger partial charge in [-0.25, -0.2) is 0 Å². The van der Waals surface area contributed by atoms with Crippen LogP contribution in [0.5, 0.6) is 0 Å². The smallest absolute Gasteiger partial charge is 0.269 e. The van der Waals surface area contributed by atoms with Gasteiger partial charge >= 0.3 is 0 Å². The van der Waals surface area contributed by atoms with Crippen molar-refractivity contribution in [1.82, 2.24) is 4.98 Å². The van der Waals surface area contributed by atoms with E-state index in [0.717, 1.165) is 25.8 Å². The number of ketones is 1. The Bertz CT molecular complexity index is 1240. The molecule has 0 aliphatic carbocycles. The summed E-state index contributed by atoms with van der Waals surface area (Å²) in [6, 6.07) is 23.5. The van der Waals surface area contributed by atoms with Gasteiger partial charge in [-0.15, -0.1) is 11.8 Å². The molecule has 4 rings (SSSR count). The minimum Gasteiger partial charge on any atom is -0.294 e. The number of halogens is 1. The molecule has 0 bridgehead atoms. The number of nitro groups is 1. The van der Waals surface area contributed by atoms with Crippen molar-refractivity contribution in [2.24, 2.45) is 0 Å². The average Bonchev–Trinajstić information content (AvgIpc) is 2.79. The minimum atomic E-state index is -0.423. The third kappa shape index (κ3) is 5.00. The molecular formula is C24H17BrN2O3S. The Labute approximate surface area is 191 Å². The molecule has 1 aromatic heterocycles. The maximum atomic E-state index is 13.0. The number of rotatable bonds is 7. The number of hydrogen-bond acceptors (Lipinski definition) is 5. The summed E-state index contributed by atoms with van der Waals surface area (Å²) in [4.78, 5) is 29.1. The number of benzene rings is 3. The lowest BCUT2D eigenvalue weighted by Gasteiger charge is -2.17. The second-order valence-corrected chi connectivity index (χ2v) is 9.08. The zero-order valence-corrected chi connectivity index (χ0v) is 18.7. The maximum absolute atomic E-state index is 13.0. The Kier molecular flexibility index (Phi) is 6.44. The molecule has 0 amide bonds. The van der Waals surface area contributed by atoms with Crippen molar-refractivity contribution < 1.29 is 9.72 Å². The molecule has 0 saturated heterocycles.